The summed E-state index contributed by atoms with van der Waals surface area (Å²) in [6, 6.07) is 11.2. The molecule has 33 heavy (non-hydrogen) atoms. The second-order valence-electron chi connectivity index (χ2n) is 8.77. The van der Waals surface area contributed by atoms with Crippen molar-refractivity contribution in [3.63, 3.8) is 0 Å². The summed E-state index contributed by atoms with van der Waals surface area (Å²) in [5, 5.41) is 10.2. The van der Waals surface area contributed by atoms with Crippen molar-refractivity contribution < 1.29 is 22.3 Å². The summed E-state index contributed by atoms with van der Waals surface area (Å²) in [5.74, 6) is 0.921. The van der Waals surface area contributed by atoms with Crippen molar-refractivity contribution in [1.82, 2.24) is 9.71 Å². The number of para-hydroxylation sites is 1. The minimum atomic E-state index is -3.37. The van der Waals surface area contributed by atoms with Gasteiger partial charge in [0, 0.05) is 17.2 Å². The van der Waals surface area contributed by atoms with Gasteiger partial charge in [-0.2, -0.15) is 0 Å². The average Bonchev–Trinajstić information content (AvgIpc) is 3.32. The van der Waals surface area contributed by atoms with E-state index >= 15 is 0 Å². The highest BCUT2D eigenvalue weighted by Crippen LogP contribution is 2.45. The third-order valence-corrected chi connectivity index (χ3v) is 7.24. The molecule has 0 spiro atoms. The topological polar surface area (TPSA) is 92.4 Å². The van der Waals surface area contributed by atoms with E-state index in [1.807, 2.05) is 0 Å². The Bertz CT molecular complexity index is 1280. The second-order valence-corrected chi connectivity index (χ2v) is 10.8. The zero-order valence-electron chi connectivity index (χ0n) is 18.4. The number of rotatable bonds is 7. The number of phenols is 1. The molecule has 1 aliphatic rings. The average molecular weight is 493 g/mol. The van der Waals surface area contributed by atoms with Gasteiger partial charge in [0.15, 0.2) is 0 Å². The molecule has 3 aromatic rings. The number of hydrogen-bond acceptors (Lipinski definition) is 5. The highest BCUT2D eigenvalue weighted by atomic mass is 35.5. The Labute approximate surface area is 197 Å². The number of aromatic hydroxyl groups is 1. The molecule has 0 amide bonds. The van der Waals surface area contributed by atoms with Crippen LogP contribution >= 0.6 is 11.6 Å². The largest absolute Gasteiger partial charge is 0.507 e. The fourth-order valence-electron chi connectivity index (χ4n) is 4.72. The lowest BCUT2D eigenvalue weighted by Crippen LogP contribution is -2.35. The van der Waals surface area contributed by atoms with Crippen molar-refractivity contribution in [2.75, 3.05) is 6.26 Å². The fourth-order valence-corrected chi connectivity index (χ4v) is 5.77. The molecular weight excluding hydrogens is 467 g/mol. The quantitative estimate of drug-likeness (QED) is 0.461. The van der Waals surface area contributed by atoms with E-state index in [4.69, 9.17) is 16.0 Å². The zero-order valence-corrected chi connectivity index (χ0v) is 20.0. The van der Waals surface area contributed by atoms with Gasteiger partial charge in [0.1, 0.15) is 17.3 Å². The zero-order chi connectivity index (χ0) is 23.8. The van der Waals surface area contributed by atoms with Gasteiger partial charge in [0.2, 0.25) is 15.9 Å². The van der Waals surface area contributed by atoms with Crippen LogP contribution in [0.1, 0.15) is 42.2 Å². The standard InChI is InChI=1S/C24H26ClFN2O4S/c1-15-21(14-25)27-23(32-15)24(10-9-17(13-24)28-33(2,30)31)12-16-7-8-20(26)19(11-16)18-5-3-4-6-22(18)29/h3-8,11,17,28-29H,9-10,12-14H2,1-2H3/t17-,24+/m0/s1. The summed E-state index contributed by atoms with van der Waals surface area (Å²) in [7, 11) is -3.37. The van der Waals surface area contributed by atoms with Gasteiger partial charge in [0.25, 0.3) is 0 Å². The van der Waals surface area contributed by atoms with E-state index in [9.17, 15) is 17.9 Å². The Hall–Kier alpha value is -2.42. The Kier molecular flexibility index (Phi) is 6.53. The van der Waals surface area contributed by atoms with Gasteiger partial charge >= 0.3 is 0 Å². The second kappa shape index (κ2) is 9.08. The molecule has 1 fully saturated rings. The predicted molar refractivity (Wildman–Crippen MR) is 125 cm³/mol. The summed E-state index contributed by atoms with van der Waals surface area (Å²) < 4.78 is 47.1. The maximum Gasteiger partial charge on any atom is 0.208 e. The number of oxazole rings is 1. The van der Waals surface area contributed by atoms with E-state index in [1.165, 1.54) is 12.1 Å². The Morgan fingerprint density at radius 3 is 2.70 bits per heavy atom. The van der Waals surface area contributed by atoms with Crippen molar-refractivity contribution in [3.05, 3.63) is 71.2 Å². The molecule has 2 atom stereocenters. The van der Waals surface area contributed by atoms with Gasteiger partial charge in [-0.3, -0.25) is 0 Å². The Morgan fingerprint density at radius 2 is 2.03 bits per heavy atom. The number of nitrogens with zero attached hydrogens (tertiary/aromatic N) is 1. The SMILES string of the molecule is Cc1oc([C@@]2(Cc3ccc(F)c(-c4ccccc4O)c3)CC[C@H](NS(C)(=O)=O)C2)nc1CCl. The number of aromatic nitrogens is 1. The highest BCUT2D eigenvalue weighted by molar-refractivity contribution is 7.88. The van der Waals surface area contributed by atoms with E-state index in [1.54, 1.807) is 37.3 Å². The number of benzene rings is 2. The van der Waals surface area contributed by atoms with Crippen LogP contribution in [-0.4, -0.2) is 30.8 Å². The molecule has 0 bridgehead atoms. The number of sulfonamides is 1. The van der Waals surface area contributed by atoms with Gasteiger partial charge in [0.05, 0.1) is 23.2 Å². The number of alkyl halides is 1. The van der Waals surface area contributed by atoms with Crippen LogP contribution in [0, 0.1) is 12.7 Å². The van der Waals surface area contributed by atoms with Crippen molar-refractivity contribution in [2.45, 2.75) is 49.9 Å². The minimum Gasteiger partial charge on any atom is -0.507 e. The van der Waals surface area contributed by atoms with E-state index in [-0.39, 0.29) is 17.7 Å². The maximum absolute atomic E-state index is 14.7. The van der Waals surface area contributed by atoms with Crippen LogP contribution in [0.3, 0.4) is 0 Å². The first-order valence-electron chi connectivity index (χ1n) is 10.7. The summed E-state index contributed by atoms with van der Waals surface area (Å²) in [4.78, 5) is 4.63. The lowest BCUT2D eigenvalue weighted by atomic mass is 9.79. The third-order valence-electron chi connectivity index (χ3n) is 6.23. The lowest BCUT2D eigenvalue weighted by Gasteiger charge is -2.26. The van der Waals surface area contributed by atoms with Crippen LogP contribution in [0.15, 0.2) is 46.9 Å². The number of phenolic OH excluding ortho intramolecular Hbond substituents is 1. The van der Waals surface area contributed by atoms with Gasteiger partial charge in [-0.25, -0.2) is 22.5 Å². The molecule has 1 aliphatic carbocycles. The van der Waals surface area contributed by atoms with E-state index in [0.717, 1.165) is 11.8 Å². The molecule has 4 rings (SSSR count). The van der Waals surface area contributed by atoms with Crippen molar-refractivity contribution >= 4 is 21.6 Å². The lowest BCUT2D eigenvalue weighted by molar-refractivity contribution is 0.311. The molecule has 1 saturated carbocycles. The van der Waals surface area contributed by atoms with Crippen LogP contribution in [0.5, 0.6) is 5.75 Å². The molecule has 0 unspecified atom stereocenters. The third kappa shape index (κ3) is 5.08. The summed E-state index contributed by atoms with van der Waals surface area (Å²) in [6.45, 7) is 1.80. The van der Waals surface area contributed by atoms with E-state index in [2.05, 4.69) is 9.71 Å². The van der Waals surface area contributed by atoms with Crippen molar-refractivity contribution in [3.8, 4) is 16.9 Å². The van der Waals surface area contributed by atoms with Crippen LogP contribution < -0.4 is 4.72 Å². The molecule has 2 N–H and O–H groups in total. The smallest absolute Gasteiger partial charge is 0.208 e. The van der Waals surface area contributed by atoms with Crippen molar-refractivity contribution in [1.29, 1.82) is 0 Å². The van der Waals surface area contributed by atoms with E-state index < -0.39 is 21.3 Å². The van der Waals surface area contributed by atoms with Gasteiger partial charge in [-0.1, -0.05) is 24.3 Å². The van der Waals surface area contributed by atoms with Gasteiger partial charge in [-0.15, -0.1) is 11.6 Å². The monoisotopic (exact) mass is 492 g/mol. The molecule has 9 heteroatoms. The first-order valence-corrected chi connectivity index (χ1v) is 13.1. The van der Waals surface area contributed by atoms with Crippen LogP contribution in [-0.2, 0) is 27.7 Å². The number of hydrogen-bond donors (Lipinski definition) is 2. The Morgan fingerprint density at radius 1 is 1.27 bits per heavy atom. The molecule has 6 nitrogen and oxygen atoms in total. The van der Waals surface area contributed by atoms with Gasteiger partial charge < -0.3 is 9.52 Å². The molecule has 2 aromatic carbocycles. The molecule has 0 saturated heterocycles. The normalized spacial score (nSPS) is 20.9. The summed E-state index contributed by atoms with van der Waals surface area (Å²) in [5.41, 5.74) is 1.61. The van der Waals surface area contributed by atoms with Crippen LogP contribution in [0.4, 0.5) is 4.39 Å². The van der Waals surface area contributed by atoms with Crippen LogP contribution in [0.2, 0.25) is 0 Å². The molecule has 0 radical (unpaired) electrons. The predicted octanol–water partition coefficient (Wildman–Crippen LogP) is 4.82. The number of nitrogens with one attached hydrogen (secondary N) is 1. The molecule has 0 aliphatic heterocycles. The fraction of sp³-hybridized carbons (Fsp3) is 0.375. The number of aryl methyl sites for hydroxylation is 1. The first kappa shape index (κ1) is 23.7. The maximum atomic E-state index is 14.7. The minimum absolute atomic E-state index is 0.00312. The molecule has 1 heterocycles. The van der Waals surface area contributed by atoms with Gasteiger partial charge in [-0.05, 0) is 56.4 Å². The van der Waals surface area contributed by atoms with Crippen molar-refractivity contribution in [2.24, 2.45) is 0 Å². The number of halogens is 2. The molecular formula is C24H26ClFN2O4S. The first-order chi connectivity index (χ1) is 15.6. The highest BCUT2D eigenvalue weighted by Gasteiger charge is 2.45. The van der Waals surface area contributed by atoms with Crippen LogP contribution in [0.25, 0.3) is 11.1 Å². The Balaban J connectivity index is 1.74. The molecule has 1 aromatic heterocycles. The molecule has 176 valence electrons. The summed E-state index contributed by atoms with van der Waals surface area (Å²) in [6.07, 6.45) is 3.37. The summed E-state index contributed by atoms with van der Waals surface area (Å²) >= 11 is 6.01. The van der Waals surface area contributed by atoms with E-state index in [0.29, 0.717) is 54.2 Å².